The monoisotopic (exact) mass is 422 g/mol. The molecule has 1 atom stereocenters. The van der Waals surface area contributed by atoms with E-state index >= 15 is 0 Å². The molecule has 7 nitrogen and oxygen atoms in total. The van der Waals surface area contributed by atoms with Crippen molar-refractivity contribution in [1.82, 2.24) is 15.1 Å². The molecule has 2 aromatic rings. The Morgan fingerprint density at radius 1 is 1.22 bits per heavy atom. The highest BCUT2D eigenvalue weighted by molar-refractivity contribution is 8.01. The van der Waals surface area contributed by atoms with Crippen molar-refractivity contribution >= 4 is 57.7 Å². The first-order valence-electron chi connectivity index (χ1n) is 8.29. The third kappa shape index (κ3) is 4.17. The second-order valence-electron chi connectivity index (χ2n) is 5.62. The molecule has 1 N–H and O–H groups in total. The summed E-state index contributed by atoms with van der Waals surface area (Å²) in [6.07, 6.45) is 2.28. The lowest BCUT2D eigenvalue weighted by Crippen LogP contribution is -2.47. The quantitative estimate of drug-likeness (QED) is 0.397. The van der Waals surface area contributed by atoms with E-state index in [1.165, 1.54) is 23.1 Å². The van der Waals surface area contributed by atoms with Crippen molar-refractivity contribution in [2.75, 3.05) is 23.1 Å². The second-order valence-corrected chi connectivity index (χ2v) is 9.09. The number of rotatable bonds is 8. The maximum absolute atomic E-state index is 12.9. The second kappa shape index (κ2) is 8.85. The molecule has 1 aliphatic heterocycles. The van der Waals surface area contributed by atoms with Gasteiger partial charge in [0.15, 0.2) is 4.34 Å². The highest BCUT2D eigenvalue weighted by Crippen LogP contribution is 2.28. The van der Waals surface area contributed by atoms with E-state index in [2.05, 4.69) is 15.5 Å². The molecule has 2 heterocycles. The van der Waals surface area contributed by atoms with Crippen molar-refractivity contribution in [3.8, 4) is 0 Å². The van der Waals surface area contributed by atoms with Gasteiger partial charge in [-0.1, -0.05) is 42.2 Å². The van der Waals surface area contributed by atoms with Crippen LogP contribution in [-0.2, 0) is 4.79 Å². The summed E-state index contributed by atoms with van der Waals surface area (Å²) in [5, 5.41) is 11.0. The van der Waals surface area contributed by atoms with Gasteiger partial charge in [0.1, 0.15) is 6.04 Å². The van der Waals surface area contributed by atoms with Crippen LogP contribution in [0.4, 0.5) is 5.13 Å². The van der Waals surface area contributed by atoms with Crippen LogP contribution in [-0.4, -0.2) is 56.6 Å². The van der Waals surface area contributed by atoms with E-state index in [1.54, 1.807) is 36.0 Å². The minimum atomic E-state index is -0.893. The molecule has 3 rings (SSSR count). The topological polar surface area (TPSA) is 92.3 Å². The third-order valence-electron chi connectivity index (χ3n) is 3.94. The molecule has 1 aromatic heterocycles. The summed E-state index contributed by atoms with van der Waals surface area (Å²) in [6.45, 7) is 2.00. The van der Waals surface area contributed by atoms with Crippen molar-refractivity contribution in [3.63, 3.8) is 0 Å². The van der Waals surface area contributed by atoms with Crippen LogP contribution in [0.5, 0.6) is 0 Å². The number of amides is 3. The summed E-state index contributed by atoms with van der Waals surface area (Å²) in [4.78, 5) is 39.4. The minimum absolute atomic E-state index is 0.335. The van der Waals surface area contributed by atoms with E-state index in [-0.39, 0.29) is 0 Å². The van der Waals surface area contributed by atoms with Crippen LogP contribution in [0, 0.1) is 0 Å². The van der Waals surface area contributed by atoms with E-state index in [0.29, 0.717) is 28.4 Å². The van der Waals surface area contributed by atoms with Gasteiger partial charge in [0.05, 0.1) is 11.1 Å². The number of benzene rings is 1. The van der Waals surface area contributed by atoms with Crippen molar-refractivity contribution in [1.29, 1.82) is 0 Å². The first kappa shape index (κ1) is 19.8. The fraction of sp³-hybridized carbons (Fsp3) is 0.353. The first-order valence-corrected chi connectivity index (χ1v) is 11.5. The maximum Gasteiger partial charge on any atom is 0.262 e. The number of carbonyl (C=O) groups excluding carboxylic acids is 3. The summed E-state index contributed by atoms with van der Waals surface area (Å²) in [6, 6.07) is 5.74. The lowest BCUT2D eigenvalue weighted by atomic mass is 10.1. The lowest BCUT2D eigenvalue weighted by Gasteiger charge is -2.24. The Balaban J connectivity index is 1.82. The largest absolute Gasteiger partial charge is 0.299 e. The number of nitrogens with zero attached hydrogens (tertiary/aromatic N) is 3. The minimum Gasteiger partial charge on any atom is -0.299 e. The van der Waals surface area contributed by atoms with Crippen LogP contribution < -0.4 is 5.32 Å². The van der Waals surface area contributed by atoms with E-state index in [0.717, 1.165) is 15.0 Å². The lowest BCUT2D eigenvalue weighted by molar-refractivity contribution is -0.120. The molecule has 0 unspecified atom stereocenters. The SMILES string of the molecule is CCSc1nnc(NC(=O)[C@@H](CCSC)N2C(=O)c3ccccc3C2=O)s1. The predicted octanol–water partition coefficient (Wildman–Crippen LogP) is 3.01. The smallest absolute Gasteiger partial charge is 0.262 e. The van der Waals surface area contributed by atoms with Crippen LogP contribution in [0.2, 0.25) is 0 Å². The summed E-state index contributed by atoms with van der Waals surface area (Å²) in [5.74, 6) is 0.197. The van der Waals surface area contributed by atoms with Gasteiger partial charge in [-0.25, -0.2) is 0 Å². The highest BCUT2D eigenvalue weighted by atomic mass is 32.2. The normalized spacial score (nSPS) is 14.4. The molecule has 0 saturated carbocycles. The molecular weight excluding hydrogens is 404 g/mol. The third-order valence-corrected chi connectivity index (χ3v) is 6.44. The van der Waals surface area contributed by atoms with E-state index in [4.69, 9.17) is 0 Å². The molecule has 3 amide bonds. The summed E-state index contributed by atoms with van der Waals surface area (Å²) >= 11 is 4.36. The van der Waals surface area contributed by atoms with Gasteiger partial charge in [-0.2, -0.15) is 11.8 Å². The number of thioether (sulfide) groups is 2. The van der Waals surface area contributed by atoms with Crippen LogP contribution in [0.3, 0.4) is 0 Å². The average Bonchev–Trinajstić information content (AvgIpc) is 3.20. The fourth-order valence-corrected chi connectivity index (χ4v) is 4.84. The molecule has 1 aliphatic rings. The van der Waals surface area contributed by atoms with Gasteiger partial charge in [0.25, 0.3) is 11.8 Å². The highest BCUT2D eigenvalue weighted by Gasteiger charge is 2.42. The van der Waals surface area contributed by atoms with Crippen molar-refractivity contribution in [2.24, 2.45) is 0 Å². The van der Waals surface area contributed by atoms with Gasteiger partial charge >= 0.3 is 0 Å². The van der Waals surface area contributed by atoms with Gasteiger partial charge in [-0.3, -0.25) is 24.6 Å². The maximum atomic E-state index is 12.9. The Hall–Kier alpha value is -1.91. The van der Waals surface area contributed by atoms with Gasteiger partial charge in [0, 0.05) is 0 Å². The van der Waals surface area contributed by atoms with Crippen molar-refractivity contribution in [3.05, 3.63) is 35.4 Å². The summed E-state index contributed by atoms with van der Waals surface area (Å²) in [5.41, 5.74) is 0.670. The molecule has 1 aromatic carbocycles. The van der Waals surface area contributed by atoms with Gasteiger partial charge in [0.2, 0.25) is 11.0 Å². The number of hydrogen-bond donors (Lipinski definition) is 1. The number of nitrogens with one attached hydrogen (secondary N) is 1. The zero-order valence-corrected chi connectivity index (χ0v) is 17.2. The zero-order valence-electron chi connectivity index (χ0n) is 14.8. The van der Waals surface area contributed by atoms with Crippen LogP contribution in [0.25, 0.3) is 0 Å². The summed E-state index contributed by atoms with van der Waals surface area (Å²) < 4.78 is 0.759. The number of fused-ring (bicyclic) bond motifs is 1. The molecular formula is C17H18N4O3S3. The van der Waals surface area contributed by atoms with Crippen molar-refractivity contribution in [2.45, 2.75) is 23.7 Å². The number of aromatic nitrogens is 2. The first-order chi connectivity index (χ1) is 13.1. The van der Waals surface area contributed by atoms with Gasteiger partial charge < -0.3 is 0 Å². The standard InChI is InChI=1S/C17H18N4O3S3/c1-3-26-17-20-19-16(27-17)18-13(22)12(8-9-25-2)21-14(23)10-6-4-5-7-11(10)15(21)24/h4-7,12H,3,8-9H2,1-2H3,(H,18,19,22)/t12-/m1/s1. The van der Waals surface area contributed by atoms with Crippen LogP contribution in [0.1, 0.15) is 34.1 Å². The Morgan fingerprint density at radius 2 is 1.89 bits per heavy atom. The number of anilines is 1. The molecule has 10 heteroatoms. The Morgan fingerprint density at radius 3 is 2.48 bits per heavy atom. The molecule has 0 aliphatic carbocycles. The van der Waals surface area contributed by atoms with Crippen molar-refractivity contribution < 1.29 is 14.4 Å². The Labute approximate surface area is 169 Å². The molecule has 27 heavy (non-hydrogen) atoms. The molecule has 0 radical (unpaired) electrons. The summed E-state index contributed by atoms with van der Waals surface area (Å²) in [7, 11) is 0. The molecule has 0 bridgehead atoms. The molecule has 0 saturated heterocycles. The molecule has 0 spiro atoms. The fourth-order valence-electron chi connectivity index (χ4n) is 2.73. The Kier molecular flexibility index (Phi) is 6.51. The van der Waals surface area contributed by atoms with Crippen LogP contribution >= 0.6 is 34.9 Å². The van der Waals surface area contributed by atoms with E-state index in [1.807, 2.05) is 13.2 Å². The zero-order chi connectivity index (χ0) is 19.4. The Bertz CT molecular complexity index is 836. The van der Waals surface area contributed by atoms with Gasteiger partial charge in [-0.05, 0) is 36.3 Å². The van der Waals surface area contributed by atoms with Crippen LogP contribution in [0.15, 0.2) is 28.6 Å². The average molecular weight is 423 g/mol. The number of carbonyl (C=O) groups is 3. The van der Waals surface area contributed by atoms with E-state index in [9.17, 15) is 14.4 Å². The van der Waals surface area contributed by atoms with E-state index < -0.39 is 23.8 Å². The molecule has 142 valence electrons. The number of imide groups is 1. The van der Waals surface area contributed by atoms with Gasteiger partial charge in [-0.15, -0.1) is 10.2 Å². The number of hydrogen-bond acceptors (Lipinski definition) is 8. The molecule has 0 fully saturated rings. The predicted molar refractivity (Wildman–Crippen MR) is 109 cm³/mol.